The molecule has 132 valence electrons. The van der Waals surface area contributed by atoms with E-state index in [0.717, 1.165) is 41.7 Å². The van der Waals surface area contributed by atoms with Gasteiger partial charge in [-0.15, -0.1) is 0 Å². The Morgan fingerprint density at radius 1 is 1.31 bits per heavy atom. The number of hydrogen-bond donors (Lipinski definition) is 1. The van der Waals surface area contributed by atoms with Crippen molar-refractivity contribution in [3.05, 3.63) is 58.7 Å². The lowest BCUT2D eigenvalue weighted by Crippen LogP contribution is -2.28. The van der Waals surface area contributed by atoms with Crippen molar-refractivity contribution in [2.24, 2.45) is 0 Å². The monoisotopic (exact) mass is 347 g/mol. The summed E-state index contributed by atoms with van der Waals surface area (Å²) in [5.41, 5.74) is 5.67. The molecule has 3 aromatic heterocycles. The van der Waals surface area contributed by atoms with Crippen LogP contribution in [-0.2, 0) is 19.4 Å². The molecule has 26 heavy (non-hydrogen) atoms. The standard InChI is InChI=1S/C20H21N5O/c1-13-7-16-17-12-24(2)6-5-18(17)25(20(16)23-10-13)19(26)8-14-3-4-15(9-21)22-11-14/h3-4,7,10-11,19,26H,5-6,8,12H2,1-2H3. The first-order valence-corrected chi connectivity index (χ1v) is 8.76. The lowest BCUT2D eigenvalue weighted by atomic mass is 10.0. The van der Waals surface area contributed by atoms with Gasteiger partial charge in [0, 0.05) is 49.4 Å². The molecule has 0 saturated carbocycles. The summed E-state index contributed by atoms with van der Waals surface area (Å²) in [7, 11) is 2.12. The second kappa shape index (κ2) is 6.52. The lowest BCUT2D eigenvalue weighted by molar-refractivity contribution is 0.104. The predicted molar refractivity (Wildman–Crippen MR) is 98.4 cm³/mol. The summed E-state index contributed by atoms with van der Waals surface area (Å²) in [6.07, 6.45) is 4.12. The van der Waals surface area contributed by atoms with Crippen LogP contribution >= 0.6 is 0 Å². The van der Waals surface area contributed by atoms with E-state index in [0.29, 0.717) is 12.1 Å². The van der Waals surface area contributed by atoms with Crippen molar-refractivity contribution >= 4 is 11.0 Å². The Hall–Kier alpha value is -2.75. The Morgan fingerprint density at radius 3 is 2.88 bits per heavy atom. The lowest BCUT2D eigenvalue weighted by Gasteiger charge is -2.25. The van der Waals surface area contributed by atoms with Crippen molar-refractivity contribution < 1.29 is 5.11 Å². The highest BCUT2D eigenvalue weighted by molar-refractivity contribution is 5.83. The molecule has 0 aliphatic carbocycles. The second-order valence-corrected chi connectivity index (χ2v) is 7.02. The Morgan fingerprint density at radius 2 is 2.15 bits per heavy atom. The molecular formula is C20H21N5O. The number of hydrogen-bond acceptors (Lipinski definition) is 5. The summed E-state index contributed by atoms with van der Waals surface area (Å²) in [6.45, 7) is 3.88. The Kier molecular flexibility index (Phi) is 4.19. The maximum atomic E-state index is 11.0. The van der Waals surface area contributed by atoms with Crippen molar-refractivity contribution in [2.45, 2.75) is 32.5 Å². The third-order valence-electron chi connectivity index (χ3n) is 5.01. The molecule has 3 aromatic rings. The number of likely N-dealkylation sites (N-methyl/N-ethyl adjacent to an activating group) is 1. The molecule has 0 aromatic carbocycles. The van der Waals surface area contributed by atoms with Crippen LogP contribution in [0.4, 0.5) is 0 Å². The van der Waals surface area contributed by atoms with E-state index in [9.17, 15) is 5.11 Å². The number of rotatable bonds is 3. The van der Waals surface area contributed by atoms with E-state index in [1.54, 1.807) is 12.3 Å². The van der Waals surface area contributed by atoms with Crippen LogP contribution in [0.15, 0.2) is 30.6 Å². The van der Waals surface area contributed by atoms with Gasteiger partial charge in [0.25, 0.3) is 0 Å². The van der Waals surface area contributed by atoms with Crippen LogP contribution in [-0.4, -0.2) is 38.1 Å². The van der Waals surface area contributed by atoms with Gasteiger partial charge in [-0.2, -0.15) is 5.26 Å². The van der Waals surface area contributed by atoms with Crippen molar-refractivity contribution in [1.29, 1.82) is 5.26 Å². The number of aromatic nitrogens is 3. The normalized spacial score (nSPS) is 15.6. The molecule has 1 N–H and O–H groups in total. The van der Waals surface area contributed by atoms with Gasteiger partial charge in [-0.3, -0.25) is 0 Å². The highest BCUT2D eigenvalue weighted by Crippen LogP contribution is 2.32. The molecular weight excluding hydrogens is 326 g/mol. The minimum absolute atomic E-state index is 0.382. The van der Waals surface area contributed by atoms with Gasteiger partial charge in [0.2, 0.25) is 0 Å². The number of nitriles is 1. The molecule has 1 aliphatic rings. The predicted octanol–water partition coefficient (Wildman–Crippen LogP) is 2.33. The summed E-state index contributed by atoms with van der Waals surface area (Å²) in [5, 5.41) is 21.0. The first-order valence-electron chi connectivity index (χ1n) is 8.76. The SMILES string of the molecule is Cc1cnc2c(c1)c1c(n2C(O)Cc2ccc(C#N)nc2)CCN(C)C1. The zero-order valence-corrected chi connectivity index (χ0v) is 15.0. The third kappa shape index (κ3) is 2.85. The number of aliphatic hydroxyl groups excluding tert-OH is 1. The van der Waals surface area contributed by atoms with Gasteiger partial charge in [-0.25, -0.2) is 9.97 Å². The van der Waals surface area contributed by atoms with E-state index >= 15 is 0 Å². The zero-order valence-electron chi connectivity index (χ0n) is 15.0. The van der Waals surface area contributed by atoms with E-state index in [2.05, 4.69) is 28.0 Å². The maximum Gasteiger partial charge on any atom is 0.142 e. The van der Waals surface area contributed by atoms with Crippen molar-refractivity contribution in [1.82, 2.24) is 19.4 Å². The van der Waals surface area contributed by atoms with Gasteiger partial charge in [0.15, 0.2) is 0 Å². The van der Waals surface area contributed by atoms with Gasteiger partial charge in [0.1, 0.15) is 23.6 Å². The topological polar surface area (TPSA) is 78.0 Å². The average molecular weight is 347 g/mol. The molecule has 4 rings (SSSR count). The zero-order chi connectivity index (χ0) is 18.3. The molecule has 6 heteroatoms. The fraction of sp³-hybridized carbons (Fsp3) is 0.350. The summed E-state index contributed by atoms with van der Waals surface area (Å²) >= 11 is 0. The second-order valence-electron chi connectivity index (χ2n) is 7.02. The van der Waals surface area contributed by atoms with E-state index in [1.807, 2.05) is 29.8 Å². The molecule has 0 spiro atoms. The van der Waals surface area contributed by atoms with Crippen LogP contribution in [0.25, 0.3) is 11.0 Å². The van der Waals surface area contributed by atoms with Crippen LogP contribution in [0.5, 0.6) is 0 Å². The highest BCUT2D eigenvalue weighted by Gasteiger charge is 2.26. The molecule has 0 amide bonds. The number of pyridine rings is 2. The smallest absolute Gasteiger partial charge is 0.142 e. The van der Waals surface area contributed by atoms with Gasteiger partial charge in [-0.05, 0) is 42.8 Å². The number of aryl methyl sites for hydroxylation is 1. The largest absolute Gasteiger partial charge is 0.373 e. The summed E-state index contributed by atoms with van der Waals surface area (Å²) in [5.74, 6) is 0. The van der Waals surface area contributed by atoms with Crippen molar-refractivity contribution in [3.63, 3.8) is 0 Å². The van der Waals surface area contributed by atoms with Crippen LogP contribution in [0, 0.1) is 18.3 Å². The van der Waals surface area contributed by atoms with Gasteiger partial charge < -0.3 is 14.6 Å². The maximum absolute atomic E-state index is 11.0. The first kappa shape index (κ1) is 16.7. The average Bonchev–Trinajstić information content (AvgIpc) is 2.95. The Bertz CT molecular complexity index is 1000. The molecule has 1 aliphatic heterocycles. The molecule has 1 atom stereocenters. The number of aliphatic hydroxyl groups is 1. The Balaban J connectivity index is 1.76. The van der Waals surface area contributed by atoms with Gasteiger partial charge >= 0.3 is 0 Å². The first-order chi connectivity index (χ1) is 12.6. The van der Waals surface area contributed by atoms with E-state index in [4.69, 9.17) is 5.26 Å². The number of nitrogens with zero attached hydrogens (tertiary/aromatic N) is 5. The van der Waals surface area contributed by atoms with E-state index in [-0.39, 0.29) is 0 Å². The minimum atomic E-state index is -0.713. The molecule has 0 saturated heterocycles. The van der Waals surface area contributed by atoms with E-state index in [1.165, 1.54) is 11.3 Å². The van der Waals surface area contributed by atoms with Gasteiger partial charge in [-0.1, -0.05) is 6.07 Å². The summed E-state index contributed by atoms with van der Waals surface area (Å²) < 4.78 is 1.98. The summed E-state index contributed by atoms with van der Waals surface area (Å²) in [6, 6.07) is 7.70. The minimum Gasteiger partial charge on any atom is -0.373 e. The van der Waals surface area contributed by atoms with Crippen LogP contribution < -0.4 is 0 Å². The summed E-state index contributed by atoms with van der Waals surface area (Å²) in [4.78, 5) is 11.0. The van der Waals surface area contributed by atoms with Gasteiger partial charge in [0.05, 0.1) is 0 Å². The third-order valence-corrected chi connectivity index (χ3v) is 5.01. The molecule has 6 nitrogen and oxygen atoms in total. The van der Waals surface area contributed by atoms with Crippen LogP contribution in [0.2, 0.25) is 0 Å². The fourth-order valence-corrected chi connectivity index (χ4v) is 3.73. The number of fused-ring (bicyclic) bond motifs is 3. The molecule has 4 heterocycles. The molecule has 1 unspecified atom stereocenters. The fourth-order valence-electron chi connectivity index (χ4n) is 3.73. The van der Waals surface area contributed by atoms with E-state index < -0.39 is 6.23 Å². The molecule has 0 fully saturated rings. The van der Waals surface area contributed by atoms with Crippen LogP contribution in [0.1, 0.15) is 34.3 Å². The highest BCUT2D eigenvalue weighted by atomic mass is 16.3. The van der Waals surface area contributed by atoms with Crippen LogP contribution in [0.3, 0.4) is 0 Å². The van der Waals surface area contributed by atoms with Crippen molar-refractivity contribution in [3.8, 4) is 6.07 Å². The Labute approximate surface area is 152 Å². The molecule has 0 bridgehead atoms. The van der Waals surface area contributed by atoms with Crippen molar-refractivity contribution in [2.75, 3.05) is 13.6 Å². The quantitative estimate of drug-likeness (QED) is 0.787. The molecule has 0 radical (unpaired) electrons.